The molecule has 0 aliphatic carbocycles. The van der Waals surface area contributed by atoms with Crippen molar-refractivity contribution in [1.82, 2.24) is 15.2 Å². The minimum Gasteiger partial charge on any atom is -0.350 e. The molecular formula is C12H19N3OS. The van der Waals surface area contributed by atoms with Gasteiger partial charge >= 0.3 is 0 Å². The van der Waals surface area contributed by atoms with E-state index >= 15 is 0 Å². The topological polar surface area (TPSA) is 45.2 Å². The van der Waals surface area contributed by atoms with Gasteiger partial charge in [-0.1, -0.05) is 0 Å². The van der Waals surface area contributed by atoms with Crippen LogP contribution in [0, 0.1) is 0 Å². The van der Waals surface area contributed by atoms with E-state index in [-0.39, 0.29) is 5.91 Å². The molecule has 1 atom stereocenters. The van der Waals surface area contributed by atoms with Crippen LogP contribution < -0.4 is 5.32 Å². The number of nitrogens with one attached hydrogen (secondary N) is 1. The first kappa shape index (κ1) is 12.5. The number of likely N-dealkylation sites (tertiary alicyclic amines) is 1. The van der Waals surface area contributed by atoms with Crippen LogP contribution in [0.3, 0.4) is 0 Å². The molecule has 1 N–H and O–H groups in total. The average molecular weight is 253 g/mol. The first-order valence-electron chi connectivity index (χ1n) is 6.11. The van der Waals surface area contributed by atoms with Crippen LogP contribution in [0.15, 0.2) is 11.6 Å². The molecule has 1 fully saturated rings. The summed E-state index contributed by atoms with van der Waals surface area (Å²) >= 11 is 1.57. The first-order chi connectivity index (χ1) is 8.25. The molecule has 0 aromatic carbocycles. The van der Waals surface area contributed by atoms with Crippen molar-refractivity contribution in [3.63, 3.8) is 0 Å². The van der Waals surface area contributed by atoms with Crippen molar-refractivity contribution in [1.29, 1.82) is 0 Å². The van der Waals surface area contributed by atoms with E-state index in [9.17, 15) is 4.79 Å². The highest BCUT2D eigenvalue weighted by Crippen LogP contribution is 2.18. The van der Waals surface area contributed by atoms with Crippen LogP contribution in [0.1, 0.15) is 30.7 Å². The van der Waals surface area contributed by atoms with E-state index in [0.717, 1.165) is 11.4 Å². The standard InChI is InChI=1S/C12H19N3OS/c1-15-7-2-3-10(15)4-5-11(16)14-9-12-13-6-8-17-12/h6,8,10H,2-5,7,9H2,1H3,(H,14,16). The van der Waals surface area contributed by atoms with Crippen LogP contribution in [0.25, 0.3) is 0 Å². The molecule has 0 radical (unpaired) electrons. The highest BCUT2D eigenvalue weighted by molar-refractivity contribution is 7.09. The lowest BCUT2D eigenvalue weighted by Crippen LogP contribution is -2.28. The quantitative estimate of drug-likeness (QED) is 0.867. The van der Waals surface area contributed by atoms with Gasteiger partial charge in [-0.3, -0.25) is 4.79 Å². The summed E-state index contributed by atoms with van der Waals surface area (Å²) in [6.07, 6.45) is 5.86. The van der Waals surface area contributed by atoms with E-state index in [4.69, 9.17) is 0 Å². The van der Waals surface area contributed by atoms with E-state index in [0.29, 0.717) is 19.0 Å². The van der Waals surface area contributed by atoms with Crippen LogP contribution in [0.4, 0.5) is 0 Å². The fourth-order valence-electron chi connectivity index (χ4n) is 2.24. The van der Waals surface area contributed by atoms with Gasteiger partial charge in [-0.2, -0.15) is 0 Å². The zero-order chi connectivity index (χ0) is 12.1. The maximum absolute atomic E-state index is 11.6. The molecule has 0 bridgehead atoms. The summed E-state index contributed by atoms with van der Waals surface area (Å²) in [7, 11) is 2.14. The maximum Gasteiger partial charge on any atom is 0.220 e. The van der Waals surface area contributed by atoms with Gasteiger partial charge in [-0.05, 0) is 32.9 Å². The van der Waals surface area contributed by atoms with Crippen molar-refractivity contribution in [3.05, 3.63) is 16.6 Å². The zero-order valence-electron chi connectivity index (χ0n) is 10.2. The summed E-state index contributed by atoms with van der Waals surface area (Å²) in [5.41, 5.74) is 0. The van der Waals surface area contributed by atoms with E-state index < -0.39 is 0 Å². The number of hydrogen-bond donors (Lipinski definition) is 1. The normalized spacial score (nSPS) is 20.6. The lowest BCUT2D eigenvalue weighted by atomic mass is 10.1. The van der Waals surface area contributed by atoms with Crippen molar-refractivity contribution in [2.45, 2.75) is 38.3 Å². The molecule has 1 unspecified atom stereocenters. The number of amides is 1. The van der Waals surface area contributed by atoms with Gasteiger partial charge in [-0.25, -0.2) is 4.98 Å². The number of thiazole rings is 1. The number of aromatic nitrogens is 1. The fraction of sp³-hybridized carbons (Fsp3) is 0.667. The Morgan fingerprint density at radius 1 is 1.71 bits per heavy atom. The number of carbonyl (C=O) groups is 1. The largest absolute Gasteiger partial charge is 0.350 e. The van der Waals surface area contributed by atoms with Gasteiger partial charge < -0.3 is 10.2 Å². The van der Waals surface area contributed by atoms with Gasteiger partial charge in [0.05, 0.1) is 6.54 Å². The predicted octanol–water partition coefficient (Wildman–Crippen LogP) is 1.63. The molecule has 5 heteroatoms. The molecule has 1 aliphatic rings. The summed E-state index contributed by atoms with van der Waals surface area (Å²) < 4.78 is 0. The second-order valence-corrected chi connectivity index (χ2v) is 5.50. The highest BCUT2D eigenvalue weighted by Gasteiger charge is 2.21. The van der Waals surface area contributed by atoms with E-state index in [1.807, 2.05) is 5.38 Å². The summed E-state index contributed by atoms with van der Waals surface area (Å²) in [6, 6.07) is 0.598. The van der Waals surface area contributed by atoms with Crippen LogP contribution in [-0.2, 0) is 11.3 Å². The van der Waals surface area contributed by atoms with Crippen molar-refractivity contribution in [2.75, 3.05) is 13.6 Å². The van der Waals surface area contributed by atoms with Crippen molar-refractivity contribution in [2.24, 2.45) is 0 Å². The summed E-state index contributed by atoms with van der Waals surface area (Å²) in [4.78, 5) is 18.1. The van der Waals surface area contributed by atoms with Gasteiger partial charge in [0.15, 0.2) is 0 Å². The number of rotatable bonds is 5. The fourth-order valence-corrected chi connectivity index (χ4v) is 2.80. The molecule has 2 heterocycles. The maximum atomic E-state index is 11.6. The lowest BCUT2D eigenvalue weighted by molar-refractivity contribution is -0.121. The molecule has 4 nitrogen and oxygen atoms in total. The molecule has 2 rings (SSSR count). The summed E-state index contributed by atoms with van der Waals surface area (Å²) in [5.74, 6) is 0.139. The average Bonchev–Trinajstić information content (AvgIpc) is 2.95. The first-order valence-corrected chi connectivity index (χ1v) is 6.99. The minimum atomic E-state index is 0.139. The molecule has 0 saturated carbocycles. The Hall–Kier alpha value is -0.940. The molecule has 94 valence electrons. The third-order valence-corrected chi connectivity index (χ3v) is 4.08. The van der Waals surface area contributed by atoms with Gasteiger partial charge in [0.25, 0.3) is 0 Å². The number of carbonyl (C=O) groups excluding carboxylic acids is 1. The predicted molar refractivity (Wildman–Crippen MR) is 68.8 cm³/mol. The van der Waals surface area contributed by atoms with Gasteiger partial charge in [-0.15, -0.1) is 11.3 Å². The Morgan fingerprint density at radius 2 is 2.59 bits per heavy atom. The van der Waals surface area contributed by atoms with Crippen LogP contribution in [0.2, 0.25) is 0 Å². The van der Waals surface area contributed by atoms with Crippen LogP contribution >= 0.6 is 11.3 Å². The van der Waals surface area contributed by atoms with E-state index in [2.05, 4.69) is 22.2 Å². The van der Waals surface area contributed by atoms with E-state index in [1.54, 1.807) is 17.5 Å². The van der Waals surface area contributed by atoms with Crippen LogP contribution in [-0.4, -0.2) is 35.4 Å². The molecular weight excluding hydrogens is 234 g/mol. The minimum absolute atomic E-state index is 0.139. The van der Waals surface area contributed by atoms with Crippen LogP contribution in [0.5, 0.6) is 0 Å². The molecule has 0 spiro atoms. The zero-order valence-corrected chi connectivity index (χ0v) is 11.0. The molecule has 1 aromatic heterocycles. The monoisotopic (exact) mass is 253 g/mol. The summed E-state index contributed by atoms with van der Waals surface area (Å²) in [5, 5.41) is 5.81. The lowest BCUT2D eigenvalue weighted by Gasteiger charge is -2.18. The third-order valence-electron chi connectivity index (χ3n) is 3.30. The smallest absolute Gasteiger partial charge is 0.220 e. The molecule has 1 saturated heterocycles. The van der Waals surface area contributed by atoms with Gasteiger partial charge in [0.2, 0.25) is 5.91 Å². The van der Waals surface area contributed by atoms with Gasteiger partial charge in [0, 0.05) is 24.0 Å². The number of nitrogens with zero attached hydrogens (tertiary/aromatic N) is 2. The van der Waals surface area contributed by atoms with Crippen molar-refractivity contribution < 1.29 is 4.79 Å². The SMILES string of the molecule is CN1CCCC1CCC(=O)NCc1nccs1. The Bertz CT molecular complexity index is 353. The second kappa shape index (κ2) is 6.12. The van der Waals surface area contributed by atoms with Gasteiger partial charge in [0.1, 0.15) is 5.01 Å². The Morgan fingerprint density at radius 3 is 3.24 bits per heavy atom. The highest BCUT2D eigenvalue weighted by atomic mass is 32.1. The molecule has 1 amide bonds. The van der Waals surface area contributed by atoms with E-state index in [1.165, 1.54) is 19.4 Å². The molecule has 1 aliphatic heterocycles. The Labute approximate surface area is 106 Å². The Kier molecular flexibility index (Phi) is 4.50. The third kappa shape index (κ3) is 3.78. The number of hydrogen-bond acceptors (Lipinski definition) is 4. The Balaban J connectivity index is 1.64. The van der Waals surface area contributed by atoms with Crippen molar-refractivity contribution in [3.8, 4) is 0 Å². The summed E-state index contributed by atoms with van der Waals surface area (Å²) in [6.45, 7) is 1.74. The molecule has 17 heavy (non-hydrogen) atoms. The second-order valence-electron chi connectivity index (χ2n) is 4.52. The molecule has 1 aromatic rings. The van der Waals surface area contributed by atoms with Crippen molar-refractivity contribution >= 4 is 17.2 Å².